The Hall–Kier alpha value is -8.15. The van der Waals surface area contributed by atoms with E-state index in [0.29, 0.717) is 5.39 Å². The summed E-state index contributed by atoms with van der Waals surface area (Å²) in [4.78, 5) is 14.3. The molecule has 60 heavy (non-hydrogen) atoms. The maximum atomic E-state index is 14.3. The zero-order valence-electron chi connectivity index (χ0n) is 31.9. The third-order valence-corrected chi connectivity index (χ3v) is 12.8. The number of aromatic nitrogens is 2. The van der Waals surface area contributed by atoms with Gasteiger partial charge in [0.15, 0.2) is 5.58 Å². The highest BCUT2D eigenvalue weighted by Crippen LogP contribution is 2.44. The Bertz CT molecular complexity index is 4200. The van der Waals surface area contributed by atoms with Crippen LogP contribution in [-0.4, -0.2) is 8.97 Å². The van der Waals surface area contributed by atoms with Crippen LogP contribution >= 0.6 is 0 Å². The number of pyridine rings is 1. The lowest BCUT2D eigenvalue weighted by Gasteiger charge is -2.09. The number of fused-ring (bicyclic) bond motifs is 15. The average molecular weight is 767 g/mol. The van der Waals surface area contributed by atoms with Crippen LogP contribution in [0, 0.1) is 0 Å². The molecule has 0 saturated carbocycles. The van der Waals surface area contributed by atoms with Crippen molar-refractivity contribution >= 4 is 104 Å². The third-order valence-electron chi connectivity index (χ3n) is 12.8. The van der Waals surface area contributed by atoms with Crippen LogP contribution < -0.4 is 5.56 Å². The van der Waals surface area contributed by atoms with E-state index >= 15 is 0 Å². The van der Waals surface area contributed by atoms with Crippen LogP contribution in [0.25, 0.3) is 132 Å². The fourth-order valence-electron chi connectivity index (χ4n) is 10.2. The first-order valence-electron chi connectivity index (χ1n) is 20.3. The molecule has 278 valence electrons. The Kier molecular flexibility index (Phi) is 6.11. The Morgan fingerprint density at radius 2 is 1.07 bits per heavy atom. The second kappa shape index (κ2) is 11.5. The second-order valence-corrected chi connectivity index (χ2v) is 16.0. The van der Waals surface area contributed by atoms with Crippen molar-refractivity contribution in [2.75, 3.05) is 0 Å². The molecule has 5 aromatic heterocycles. The summed E-state index contributed by atoms with van der Waals surface area (Å²) in [5, 5.41) is 11.4. The smallest absolute Gasteiger partial charge is 0.263 e. The van der Waals surface area contributed by atoms with Gasteiger partial charge in [0.05, 0.1) is 22.1 Å². The van der Waals surface area contributed by atoms with Crippen LogP contribution in [0.15, 0.2) is 196 Å². The van der Waals surface area contributed by atoms with Crippen LogP contribution in [0.4, 0.5) is 0 Å². The molecule has 0 radical (unpaired) electrons. The predicted octanol–water partition coefficient (Wildman–Crippen LogP) is 14.4. The van der Waals surface area contributed by atoms with Gasteiger partial charge in [0.25, 0.3) is 5.56 Å². The highest BCUT2D eigenvalue weighted by molar-refractivity contribution is 6.24. The molecule has 0 saturated heterocycles. The van der Waals surface area contributed by atoms with E-state index in [-0.39, 0.29) is 5.56 Å². The van der Waals surface area contributed by atoms with E-state index in [2.05, 4.69) is 150 Å². The van der Waals surface area contributed by atoms with Crippen molar-refractivity contribution in [2.24, 2.45) is 0 Å². The number of hydrogen-bond donors (Lipinski definition) is 0. The van der Waals surface area contributed by atoms with Crippen molar-refractivity contribution in [3.63, 3.8) is 0 Å². The number of furan rings is 2. The lowest BCUT2D eigenvalue weighted by atomic mass is 9.96. The maximum Gasteiger partial charge on any atom is 0.263 e. The summed E-state index contributed by atoms with van der Waals surface area (Å²) in [7, 11) is 0. The van der Waals surface area contributed by atoms with E-state index in [1.807, 2.05) is 40.8 Å². The molecular formula is C55H30N2O3. The van der Waals surface area contributed by atoms with Gasteiger partial charge in [-0.2, -0.15) is 0 Å². The lowest BCUT2D eigenvalue weighted by molar-refractivity contribution is 0.669. The third kappa shape index (κ3) is 4.12. The van der Waals surface area contributed by atoms with Gasteiger partial charge in [-0.25, -0.2) is 0 Å². The Morgan fingerprint density at radius 3 is 1.95 bits per heavy atom. The second-order valence-electron chi connectivity index (χ2n) is 16.0. The topological polar surface area (TPSA) is 52.7 Å². The van der Waals surface area contributed by atoms with Gasteiger partial charge in [-0.05, 0) is 100 Å². The largest absolute Gasteiger partial charge is 0.456 e. The normalized spacial score (nSPS) is 12.4. The first kappa shape index (κ1) is 31.9. The van der Waals surface area contributed by atoms with Gasteiger partial charge in [0.2, 0.25) is 0 Å². The van der Waals surface area contributed by atoms with E-state index < -0.39 is 0 Å². The van der Waals surface area contributed by atoms with Crippen LogP contribution in [0.2, 0.25) is 0 Å². The van der Waals surface area contributed by atoms with Crippen LogP contribution in [0.3, 0.4) is 0 Å². The number of nitrogens with zero attached hydrogens (tertiary/aromatic N) is 2. The molecule has 9 aromatic carbocycles. The Morgan fingerprint density at radius 1 is 0.367 bits per heavy atom. The molecule has 5 nitrogen and oxygen atoms in total. The number of hydrogen-bond acceptors (Lipinski definition) is 3. The zero-order chi connectivity index (χ0) is 39.2. The highest BCUT2D eigenvalue weighted by atomic mass is 16.3. The zero-order valence-corrected chi connectivity index (χ0v) is 31.9. The summed E-state index contributed by atoms with van der Waals surface area (Å²) in [6.45, 7) is 0. The molecule has 0 N–H and O–H groups in total. The van der Waals surface area contributed by atoms with Gasteiger partial charge >= 0.3 is 0 Å². The van der Waals surface area contributed by atoms with Gasteiger partial charge in [0, 0.05) is 59.5 Å². The van der Waals surface area contributed by atoms with Gasteiger partial charge in [-0.1, -0.05) is 109 Å². The molecule has 0 aliphatic heterocycles. The van der Waals surface area contributed by atoms with Crippen LogP contribution in [0.1, 0.15) is 0 Å². The Labute approximate surface area is 340 Å². The molecule has 5 heteroatoms. The van der Waals surface area contributed by atoms with Crippen molar-refractivity contribution in [3.8, 4) is 27.9 Å². The molecule has 0 aliphatic carbocycles. The number of para-hydroxylation sites is 2. The van der Waals surface area contributed by atoms with Gasteiger partial charge in [0.1, 0.15) is 16.7 Å². The maximum absolute atomic E-state index is 14.3. The van der Waals surface area contributed by atoms with Gasteiger partial charge < -0.3 is 13.4 Å². The number of benzene rings is 9. The summed E-state index contributed by atoms with van der Waals surface area (Å²) < 4.78 is 17.5. The Balaban J connectivity index is 1.04. The van der Waals surface area contributed by atoms with E-state index in [0.717, 1.165) is 121 Å². The van der Waals surface area contributed by atoms with Crippen molar-refractivity contribution in [2.45, 2.75) is 0 Å². The molecule has 0 amide bonds. The minimum Gasteiger partial charge on any atom is -0.456 e. The van der Waals surface area contributed by atoms with Crippen molar-refractivity contribution in [1.29, 1.82) is 0 Å². The van der Waals surface area contributed by atoms with Crippen LogP contribution in [-0.2, 0) is 0 Å². The molecule has 0 unspecified atom stereocenters. The predicted molar refractivity (Wildman–Crippen MR) is 247 cm³/mol. The minimum absolute atomic E-state index is 0.00115. The summed E-state index contributed by atoms with van der Waals surface area (Å²) in [5.41, 5.74) is 12.8. The van der Waals surface area contributed by atoms with Gasteiger partial charge in [-0.3, -0.25) is 9.20 Å². The van der Waals surface area contributed by atoms with Crippen molar-refractivity contribution in [3.05, 3.63) is 192 Å². The molecule has 0 spiro atoms. The van der Waals surface area contributed by atoms with E-state index in [4.69, 9.17) is 8.83 Å². The molecule has 0 fully saturated rings. The van der Waals surface area contributed by atoms with E-state index in [9.17, 15) is 4.79 Å². The molecule has 5 heterocycles. The fraction of sp³-hybridized carbons (Fsp3) is 0. The first-order valence-corrected chi connectivity index (χ1v) is 20.3. The number of rotatable bonds is 3. The van der Waals surface area contributed by atoms with E-state index in [1.54, 1.807) is 0 Å². The summed E-state index contributed by atoms with van der Waals surface area (Å²) in [6.07, 6.45) is 0. The standard InChI is InChI=1S/C55H30N2O3/c58-55-41-16-5-4-13-36(41)43-28-33(31-11-2-1-3-12-31)29-44-42-27-32(21-25-47(42)57(55)52(43)44)35-17-10-20-50-51(35)45-30-34(22-26-49(45)59-50)56-46-18-8-6-14-37(46)39-23-24-40-38-15-7-9-19-48(38)60-54(40)53(39)56/h1-30H. The van der Waals surface area contributed by atoms with Crippen molar-refractivity contribution < 1.29 is 8.83 Å². The van der Waals surface area contributed by atoms with Crippen LogP contribution in [0.5, 0.6) is 0 Å². The molecule has 0 bridgehead atoms. The van der Waals surface area contributed by atoms with Crippen molar-refractivity contribution in [1.82, 2.24) is 8.97 Å². The molecule has 14 aromatic rings. The monoisotopic (exact) mass is 766 g/mol. The van der Waals surface area contributed by atoms with E-state index in [1.165, 1.54) is 5.39 Å². The molecular weight excluding hydrogens is 737 g/mol. The summed E-state index contributed by atoms with van der Waals surface area (Å²) in [6, 6.07) is 63.6. The molecule has 0 atom stereocenters. The lowest BCUT2D eigenvalue weighted by Crippen LogP contribution is -2.12. The molecule has 0 aliphatic rings. The summed E-state index contributed by atoms with van der Waals surface area (Å²) >= 11 is 0. The minimum atomic E-state index is -0.00115. The molecule has 14 rings (SSSR count). The summed E-state index contributed by atoms with van der Waals surface area (Å²) in [5.74, 6) is 0. The first-order chi connectivity index (χ1) is 29.7. The average Bonchev–Trinajstić information content (AvgIpc) is 4.06. The fourth-order valence-corrected chi connectivity index (χ4v) is 10.2. The van der Waals surface area contributed by atoms with Gasteiger partial charge in [-0.15, -0.1) is 0 Å². The quantitative estimate of drug-likeness (QED) is 0.168. The highest BCUT2D eigenvalue weighted by Gasteiger charge is 2.23. The SMILES string of the molecule is O=c1c2ccccc2c2cc(-c3ccccc3)cc3c4cc(-c5cccc6oc7ccc(-n8c9ccccc9c9ccc%10c%11ccccc%11oc%10c98)cc7c56)ccc4n1c23.